The summed E-state index contributed by atoms with van der Waals surface area (Å²) >= 11 is 0. The van der Waals surface area contributed by atoms with E-state index in [2.05, 4.69) is 11.4 Å². The van der Waals surface area contributed by atoms with E-state index in [1.165, 1.54) is 19.3 Å². The van der Waals surface area contributed by atoms with Gasteiger partial charge < -0.3 is 14.5 Å². The van der Waals surface area contributed by atoms with Crippen LogP contribution in [0.4, 0.5) is 0 Å². The van der Waals surface area contributed by atoms with Crippen LogP contribution in [0.25, 0.3) is 0 Å². The minimum absolute atomic E-state index is 0.137. The summed E-state index contributed by atoms with van der Waals surface area (Å²) in [6.07, 6.45) is 5.70. The van der Waals surface area contributed by atoms with Crippen molar-refractivity contribution in [2.45, 2.75) is 24.7 Å². The third-order valence-electron chi connectivity index (χ3n) is 4.53. The SMILES string of the molecule is CNCC1(C2(c3ccco3)COC2)CCC1. The number of ether oxygens (including phenoxy) is 1. The average Bonchev–Trinajstić information content (AvgIpc) is 2.65. The Morgan fingerprint density at radius 1 is 1.38 bits per heavy atom. The van der Waals surface area contributed by atoms with Crippen LogP contribution in [0.2, 0.25) is 0 Å². The Kier molecular flexibility index (Phi) is 2.33. The van der Waals surface area contributed by atoms with Crippen LogP contribution in [-0.2, 0) is 10.2 Å². The minimum Gasteiger partial charge on any atom is -0.469 e. The lowest BCUT2D eigenvalue weighted by Crippen LogP contribution is -2.64. The zero-order chi connectivity index (χ0) is 11.1. The molecule has 1 aliphatic heterocycles. The molecule has 3 nitrogen and oxygen atoms in total. The van der Waals surface area contributed by atoms with Gasteiger partial charge in [0.25, 0.3) is 0 Å². The summed E-state index contributed by atoms with van der Waals surface area (Å²) in [6.45, 7) is 2.71. The van der Waals surface area contributed by atoms with Crippen LogP contribution in [-0.4, -0.2) is 26.8 Å². The first-order valence-electron chi connectivity index (χ1n) is 6.09. The van der Waals surface area contributed by atoms with Crippen LogP contribution in [0.1, 0.15) is 25.0 Å². The Bertz CT molecular complexity index is 350. The molecule has 0 unspecified atom stereocenters. The third-order valence-corrected chi connectivity index (χ3v) is 4.53. The fourth-order valence-corrected chi connectivity index (χ4v) is 3.33. The van der Waals surface area contributed by atoms with Gasteiger partial charge in [-0.3, -0.25) is 0 Å². The van der Waals surface area contributed by atoms with Gasteiger partial charge in [-0.15, -0.1) is 0 Å². The summed E-state index contributed by atoms with van der Waals surface area (Å²) in [5.41, 5.74) is 0.496. The largest absolute Gasteiger partial charge is 0.469 e. The molecule has 1 aromatic heterocycles. The second kappa shape index (κ2) is 3.60. The number of hydrogen-bond donors (Lipinski definition) is 1. The first-order chi connectivity index (χ1) is 7.83. The monoisotopic (exact) mass is 221 g/mol. The molecule has 1 aromatic rings. The highest BCUT2D eigenvalue weighted by atomic mass is 16.5. The molecule has 0 amide bonds. The molecule has 1 saturated heterocycles. The highest BCUT2D eigenvalue weighted by molar-refractivity contribution is 5.26. The van der Waals surface area contributed by atoms with Gasteiger partial charge in [-0.05, 0) is 37.4 Å². The van der Waals surface area contributed by atoms with Gasteiger partial charge in [0, 0.05) is 6.54 Å². The lowest BCUT2D eigenvalue weighted by molar-refractivity contribution is -0.164. The number of nitrogens with one attached hydrogen (secondary N) is 1. The van der Waals surface area contributed by atoms with E-state index in [0.717, 1.165) is 25.5 Å². The van der Waals surface area contributed by atoms with Crippen LogP contribution in [0.3, 0.4) is 0 Å². The molecule has 2 heterocycles. The Morgan fingerprint density at radius 3 is 2.56 bits per heavy atom. The predicted octanol–water partition coefficient (Wildman–Crippen LogP) is 1.94. The van der Waals surface area contributed by atoms with Crippen LogP contribution in [0, 0.1) is 5.41 Å². The fraction of sp³-hybridized carbons (Fsp3) is 0.692. The van der Waals surface area contributed by atoms with Gasteiger partial charge in [0.1, 0.15) is 5.76 Å². The van der Waals surface area contributed by atoms with E-state index < -0.39 is 0 Å². The van der Waals surface area contributed by atoms with Gasteiger partial charge in [0.2, 0.25) is 0 Å². The number of furan rings is 1. The minimum atomic E-state index is 0.137. The average molecular weight is 221 g/mol. The highest BCUT2D eigenvalue weighted by Gasteiger charge is 2.60. The first-order valence-corrected chi connectivity index (χ1v) is 6.09. The quantitative estimate of drug-likeness (QED) is 0.843. The van der Waals surface area contributed by atoms with E-state index >= 15 is 0 Å². The molecule has 3 rings (SSSR count). The van der Waals surface area contributed by atoms with Crippen molar-refractivity contribution in [3.05, 3.63) is 24.2 Å². The number of hydrogen-bond acceptors (Lipinski definition) is 3. The Hall–Kier alpha value is -0.800. The van der Waals surface area contributed by atoms with Gasteiger partial charge in [0.15, 0.2) is 0 Å². The van der Waals surface area contributed by atoms with Gasteiger partial charge in [-0.2, -0.15) is 0 Å². The Morgan fingerprint density at radius 2 is 2.19 bits per heavy atom. The van der Waals surface area contributed by atoms with E-state index in [1.807, 2.05) is 13.1 Å². The molecule has 0 bridgehead atoms. The molecule has 3 heteroatoms. The summed E-state index contributed by atoms with van der Waals surface area (Å²) in [4.78, 5) is 0. The molecular formula is C13H19NO2. The Labute approximate surface area is 96.2 Å². The van der Waals surface area contributed by atoms with Crippen molar-refractivity contribution in [2.24, 2.45) is 5.41 Å². The van der Waals surface area contributed by atoms with Crippen molar-refractivity contribution in [1.82, 2.24) is 5.32 Å². The van der Waals surface area contributed by atoms with E-state index in [9.17, 15) is 0 Å². The maximum atomic E-state index is 5.66. The summed E-state index contributed by atoms with van der Waals surface area (Å²) in [5.74, 6) is 1.12. The molecule has 0 atom stereocenters. The van der Waals surface area contributed by atoms with Crippen molar-refractivity contribution in [3.8, 4) is 0 Å². The zero-order valence-corrected chi connectivity index (χ0v) is 9.79. The van der Waals surface area contributed by atoms with Gasteiger partial charge in [0.05, 0.1) is 24.9 Å². The van der Waals surface area contributed by atoms with E-state index in [1.54, 1.807) is 6.26 Å². The van der Waals surface area contributed by atoms with E-state index in [0.29, 0.717) is 5.41 Å². The summed E-state index contributed by atoms with van der Waals surface area (Å²) in [6, 6.07) is 4.10. The zero-order valence-electron chi connectivity index (χ0n) is 9.79. The molecule has 0 aromatic carbocycles. The topological polar surface area (TPSA) is 34.4 Å². The molecule has 88 valence electrons. The molecular weight excluding hydrogens is 202 g/mol. The van der Waals surface area contributed by atoms with E-state index in [-0.39, 0.29) is 5.41 Å². The van der Waals surface area contributed by atoms with Crippen molar-refractivity contribution in [3.63, 3.8) is 0 Å². The lowest BCUT2D eigenvalue weighted by Gasteiger charge is -2.59. The van der Waals surface area contributed by atoms with Crippen LogP contribution < -0.4 is 5.32 Å². The molecule has 16 heavy (non-hydrogen) atoms. The molecule has 2 aliphatic rings. The van der Waals surface area contributed by atoms with Crippen LogP contribution in [0.5, 0.6) is 0 Å². The molecule has 0 radical (unpaired) electrons. The summed E-state index contributed by atoms with van der Waals surface area (Å²) in [5, 5.41) is 3.35. The maximum Gasteiger partial charge on any atom is 0.115 e. The fourth-order valence-electron chi connectivity index (χ4n) is 3.33. The van der Waals surface area contributed by atoms with Gasteiger partial charge in [-0.25, -0.2) is 0 Å². The number of rotatable bonds is 4. The van der Waals surface area contributed by atoms with Gasteiger partial charge >= 0.3 is 0 Å². The molecule has 2 fully saturated rings. The van der Waals surface area contributed by atoms with Gasteiger partial charge in [-0.1, -0.05) is 6.42 Å². The lowest BCUT2D eigenvalue weighted by atomic mass is 9.51. The molecule has 1 saturated carbocycles. The second-order valence-electron chi connectivity index (χ2n) is 5.22. The van der Waals surface area contributed by atoms with Crippen LogP contribution >= 0.6 is 0 Å². The predicted molar refractivity (Wildman–Crippen MR) is 61.4 cm³/mol. The maximum absolute atomic E-state index is 5.66. The standard InChI is InChI=1S/C13H19NO2/c1-14-8-12(5-3-6-12)13(9-15-10-13)11-4-2-7-16-11/h2,4,7,14H,3,5-6,8-10H2,1H3. The third kappa shape index (κ3) is 1.16. The normalized spacial score (nSPS) is 25.8. The van der Waals surface area contributed by atoms with E-state index in [4.69, 9.17) is 9.15 Å². The second-order valence-corrected chi connectivity index (χ2v) is 5.22. The van der Waals surface area contributed by atoms with Crippen molar-refractivity contribution in [2.75, 3.05) is 26.8 Å². The van der Waals surface area contributed by atoms with Crippen molar-refractivity contribution in [1.29, 1.82) is 0 Å². The Balaban J connectivity index is 1.95. The summed E-state index contributed by atoms with van der Waals surface area (Å²) in [7, 11) is 2.04. The summed E-state index contributed by atoms with van der Waals surface area (Å²) < 4.78 is 11.2. The molecule has 0 spiro atoms. The molecule has 1 N–H and O–H groups in total. The molecule has 1 aliphatic carbocycles. The van der Waals surface area contributed by atoms with Crippen molar-refractivity contribution >= 4 is 0 Å². The smallest absolute Gasteiger partial charge is 0.115 e. The van der Waals surface area contributed by atoms with Crippen LogP contribution in [0.15, 0.2) is 22.8 Å². The first kappa shape index (κ1) is 10.4. The van der Waals surface area contributed by atoms with Crippen molar-refractivity contribution < 1.29 is 9.15 Å². The highest BCUT2D eigenvalue weighted by Crippen LogP contribution is 2.58.